The molecule has 0 spiro atoms. The summed E-state index contributed by atoms with van der Waals surface area (Å²) >= 11 is 0. The van der Waals surface area contributed by atoms with E-state index in [1.807, 2.05) is 7.11 Å². The number of methoxy groups -OCH3 is 1. The van der Waals surface area contributed by atoms with Gasteiger partial charge in [-0.25, -0.2) is 0 Å². The molecule has 0 radical (unpaired) electrons. The molecule has 2 rings (SSSR count). The van der Waals surface area contributed by atoms with Crippen LogP contribution < -0.4 is 5.32 Å². The minimum Gasteiger partial charge on any atom is -0.377 e. The summed E-state index contributed by atoms with van der Waals surface area (Å²) < 4.78 is 5.66. The SMILES string of the molecule is COC1(C)CCCN(CCCC2CCNCC2)C1. The largest absolute Gasteiger partial charge is 0.377 e. The molecule has 0 aliphatic carbocycles. The highest BCUT2D eigenvalue weighted by molar-refractivity contribution is 4.84. The molecule has 0 aromatic heterocycles. The van der Waals surface area contributed by atoms with Crippen molar-refractivity contribution in [2.45, 2.75) is 51.0 Å². The van der Waals surface area contributed by atoms with Crippen LogP contribution in [0.1, 0.15) is 45.4 Å². The molecule has 2 aliphatic heterocycles. The molecule has 0 aromatic rings. The monoisotopic (exact) mass is 254 g/mol. The number of likely N-dealkylation sites (tertiary alicyclic amines) is 1. The fraction of sp³-hybridized carbons (Fsp3) is 1.00. The Labute approximate surface area is 112 Å². The van der Waals surface area contributed by atoms with Gasteiger partial charge in [-0.3, -0.25) is 0 Å². The van der Waals surface area contributed by atoms with Crippen molar-refractivity contribution in [3.63, 3.8) is 0 Å². The molecule has 0 bridgehead atoms. The second kappa shape index (κ2) is 6.88. The van der Waals surface area contributed by atoms with Crippen LogP contribution in [0.3, 0.4) is 0 Å². The van der Waals surface area contributed by atoms with Gasteiger partial charge in [0, 0.05) is 13.7 Å². The topological polar surface area (TPSA) is 24.5 Å². The maximum Gasteiger partial charge on any atom is 0.0777 e. The summed E-state index contributed by atoms with van der Waals surface area (Å²) in [6.45, 7) is 8.38. The fourth-order valence-electron chi connectivity index (χ4n) is 3.44. The minimum absolute atomic E-state index is 0.104. The molecule has 106 valence electrons. The first-order valence-electron chi connectivity index (χ1n) is 7.70. The number of nitrogens with one attached hydrogen (secondary N) is 1. The Bertz CT molecular complexity index is 241. The summed E-state index contributed by atoms with van der Waals surface area (Å²) in [6.07, 6.45) is 8.06. The Morgan fingerprint density at radius 3 is 2.83 bits per heavy atom. The van der Waals surface area contributed by atoms with Crippen LogP contribution in [-0.4, -0.2) is 50.3 Å². The van der Waals surface area contributed by atoms with Crippen LogP contribution in [-0.2, 0) is 4.74 Å². The van der Waals surface area contributed by atoms with E-state index >= 15 is 0 Å². The Hall–Kier alpha value is -0.120. The lowest BCUT2D eigenvalue weighted by molar-refractivity contribution is -0.0510. The Kier molecular flexibility index (Phi) is 5.46. The normalized spacial score (nSPS) is 31.7. The summed E-state index contributed by atoms with van der Waals surface area (Å²) in [5.41, 5.74) is 0.104. The second-order valence-corrected chi connectivity index (χ2v) is 6.37. The molecular weight excluding hydrogens is 224 g/mol. The van der Waals surface area contributed by atoms with Crippen LogP contribution in [0.2, 0.25) is 0 Å². The molecule has 1 unspecified atom stereocenters. The molecule has 2 fully saturated rings. The smallest absolute Gasteiger partial charge is 0.0777 e. The van der Waals surface area contributed by atoms with Crippen LogP contribution in [0.15, 0.2) is 0 Å². The second-order valence-electron chi connectivity index (χ2n) is 6.37. The molecule has 0 aromatic carbocycles. The van der Waals surface area contributed by atoms with Gasteiger partial charge < -0.3 is 15.0 Å². The lowest BCUT2D eigenvalue weighted by Crippen LogP contribution is -2.47. The van der Waals surface area contributed by atoms with Crippen molar-refractivity contribution >= 4 is 0 Å². The summed E-state index contributed by atoms with van der Waals surface area (Å²) in [5.74, 6) is 0.977. The molecule has 0 saturated carbocycles. The van der Waals surface area contributed by atoms with E-state index in [1.165, 1.54) is 64.7 Å². The van der Waals surface area contributed by atoms with E-state index in [0.29, 0.717) is 0 Å². The average Bonchev–Trinajstić information content (AvgIpc) is 2.40. The van der Waals surface area contributed by atoms with Crippen LogP contribution >= 0.6 is 0 Å². The zero-order valence-corrected chi connectivity index (χ0v) is 12.2. The van der Waals surface area contributed by atoms with Gasteiger partial charge in [-0.15, -0.1) is 0 Å². The van der Waals surface area contributed by atoms with Crippen molar-refractivity contribution in [2.75, 3.05) is 39.8 Å². The summed E-state index contributed by atoms with van der Waals surface area (Å²) in [5, 5.41) is 3.45. The molecular formula is C15H30N2O. The lowest BCUT2D eigenvalue weighted by Gasteiger charge is -2.39. The van der Waals surface area contributed by atoms with Gasteiger partial charge in [0.1, 0.15) is 0 Å². The van der Waals surface area contributed by atoms with Crippen molar-refractivity contribution in [1.29, 1.82) is 0 Å². The van der Waals surface area contributed by atoms with Crippen LogP contribution in [0.5, 0.6) is 0 Å². The third-order valence-electron chi connectivity index (χ3n) is 4.78. The molecule has 18 heavy (non-hydrogen) atoms. The van der Waals surface area contributed by atoms with Crippen LogP contribution in [0.25, 0.3) is 0 Å². The van der Waals surface area contributed by atoms with E-state index in [1.54, 1.807) is 0 Å². The third kappa shape index (κ3) is 4.22. The van der Waals surface area contributed by atoms with Crippen LogP contribution in [0.4, 0.5) is 0 Å². The molecule has 2 aliphatic rings. The molecule has 3 nitrogen and oxygen atoms in total. The summed E-state index contributed by atoms with van der Waals surface area (Å²) in [4.78, 5) is 2.61. The predicted molar refractivity (Wildman–Crippen MR) is 75.9 cm³/mol. The zero-order chi connectivity index (χ0) is 12.8. The Balaban J connectivity index is 1.63. The minimum atomic E-state index is 0.104. The van der Waals surface area contributed by atoms with E-state index in [9.17, 15) is 0 Å². The molecule has 1 N–H and O–H groups in total. The third-order valence-corrected chi connectivity index (χ3v) is 4.78. The summed E-state index contributed by atoms with van der Waals surface area (Å²) in [6, 6.07) is 0. The fourth-order valence-corrected chi connectivity index (χ4v) is 3.44. The van der Waals surface area contributed by atoms with Gasteiger partial charge in [0.05, 0.1) is 5.60 Å². The maximum absolute atomic E-state index is 5.66. The van der Waals surface area contributed by atoms with Gasteiger partial charge in [-0.1, -0.05) is 0 Å². The highest BCUT2D eigenvalue weighted by Gasteiger charge is 2.30. The highest BCUT2D eigenvalue weighted by Crippen LogP contribution is 2.24. The van der Waals surface area contributed by atoms with E-state index in [4.69, 9.17) is 4.74 Å². The number of ether oxygens (including phenoxy) is 1. The first-order chi connectivity index (χ1) is 8.72. The van der Waals surface area contributed by atoms with E-state index < -0.39 is 0 Å². The molecule has 0 amide bonds. The quantitative estimate of drug-likeness (QED) is 0.814. The van der Waals surface area contributed by atoms with Gasteiger partial charge in [0.15, 0.2) is 0 Å². The van der Waals surface area contributed by atoms with Crippen LogP contribution in [0, 0.1) is 5.92 Å². The van der Waals surface area contributed by atoms with E-state index in [2.05, 4.69) is 17.1 Å². The van der Waals surface area contributed by atoms with Crippen molar-refractivity contribution in [2.24, 2.45) is 5.92 Å². The molecule has 3 heteroatoms. The van der Waals surface area contributed by atoms with Gasteiger partial charge in [-0.05, 0) is 77.5 Å². The summed E-state index contributed by atoms with van der Waals surface area (Å²) in [7, 11) is 1.86. The maximum atomic E-state index is 5.66. The Morgan fingerprint density at radius 1 is 1.33 bits per heavy atom. The molecule has 2 saturated heterocycles. The first kappa shape index (κ1) is 14.3. The first-order valence-corrected chi connectivity index (χ1v) is 7.70. The average molecular weight is 254 g/mol. The lowest BCUT2D eigenvalue weighted by atomic mass is 9.92. The molecule has 2 heterocycles. The van der Waals surface area contributed by atoms with Gasteiger partial charge >= 0.3 is 0 Å². The zero-order valence-electron chi connectivity index (χ0n) is 12.2. The number of hydrogen-bond acceptors (Lipinski definition) is 3. The van der Waals surface area contributed by atoms with Gasteiger partial charge in [0.25, 0.3) is 0 Å². The van der Waals surface area contributed by atoms with Crippen molar-refractivity contribution in [3.8, 4) is 0 Å². The van der Waals surface area contributed by atoms with Crippen molar-refractivity contribution in [3.05, 3.63) is 0 Å². The van der Waals surface area contributed by atoms with Gasteiger partial charge in [0.2, 0.25) is 0 Å². The number of nitrogens with zero attached hydrogens (tertiary/aromatic N) is 1. The number of hydrogen-bond donors (Lipinski definition) is 1. The standard InChI is InChI=1S/C15H30N2O/c1-15(18-2)8-4-12-17(13-15)11-3-5-14-6-9-16-10-7-14/h14,16H,3-13H2,1-2H3. The van der Waals surface area contributed by atoms with E-state index in [-0.39, 0.29) is 5.60 Å². The van der Waals surface area contributed by atoms with E-state index in [0.717, 1.165) is 12.5 Å². The van der Waals surface area contributed by atoms with Gasteiger partial charge in [-0.2, -0.15) is 0 Å². The Morgan fingerprint density at radius 2 is 2.11 bits per heavy atom. The van der Waals surface area contributed by atoms with Crippen molar-refractivity contribution < 1.29 is 4.74 Å². The van der Waals surface area contributed by atoms with Crippen molar-refractivity contribution in [1.82, 2.24) is 10.2 Å². The molecule has 1 atom stereocenters. The number of rotatable bonds is 5. The highest BCUT2D eigenvalue weighted by atomic mass is 16.5. The number of piperidine rings is 2. The predicted octanol–water partition coefficient (Wildman–Crippen LogP) is 2.27.